The van der Waals surface area contributed by atoms with Gasteiger partial charge in [-0.05, 0) is 35.9 Å². The monoisotopic (exact) mass is 387 g/mol. The number of sulfonamides is 1. The molecule has 2 aromatic carbocycles. The van der Waals surface area contributed by atoms with Crippen molar-refractivity contribution in [2.45, 2.75) is 24.2 Å². The summed E-state index contributed by atoms with van der Waals surface area (Å²) >= 11 is 11.7. The molecule has 0 heterocycles. The van der Waals surface area contributed by atoms with Crippen LogP contribution in [0.15, 0.2) is 47.4 Å². The third-order valence-corrected chi connectivity index (χ3v) is 5.91. The van der Waals surface area contributed by atoms with Gasteiger partial charge in [0.1, 0.15) is 5.75 Å². The van der Waals surface area contributed by atoms with Crippen LogP contribution in [0.2, 0.25) is 10.0 Å². The first-order chi connectivity index (χ1) is 11.2. The van der Waals surface area contributed by atoms with Crippen LogP contribution >= 0.6 is 23.2 Å². The van der Waals surface area contributed by atoms with Gasteiger partial charge in [-0.15, -0.1) is 0 Å². The van der Waals surface area contributed by atoms with Gasteiger partial charge in [0, 0.05) is 12.0 Å². The molecule has 0 bridgehead atoms. The summed E-state index contributed by atoms with van der Waals surface area (Å²) in [5, 5.41) is 0.517. The fourth-order valence-electron chi connectivity index (χ4n) is 2.15. The summed E-state index contributed by atoms with van der Waals surface area (Å²) in [6, 6.07) is 11.8. The average Bonchev–Trinajstić information content (AvgIpc) is 2.55. The normalized spacial score (nSPS) is 12.2. The minimum absolute atomic E-state index is 0.0856. The molecule has 0 aromatic heterocycles. The molecule has 0 aliphatic carbocycles. The molecule has 7 heteroatoms. The van der Waals surface area contributed by atoms with Gasteiger partial charge in [-0.3, -0.25) is 0 Å². The lowest BCUT2D eigenvalue weighted by molar-refractivity contribution is 0.414. The van der Waals surface area contributed by atoms with E-state index in [1.54, 1.807) is 7.11 Å². The number of methoxy groups -OCH3 is 1. The molecule has 0 fully saturated rings. The maximum atomic E-state index is 12.4. The zero-order valence-corrected chi connectivity index (χ0v) is 16.0. The highest BCUT2D eigenvalue weighted by molar-refractivity contribution is 7.89. The van der Waals surface area contributed by atoms with Crippen LogP contribution in [-0.2, 0) is 15.4 Å². The number of benzene rings is 2. The molecule has 0 amide bonds. The third-order valence-electron chi connectivity index (χ3n) is 3.78. The molecule has 0 spiro atoms. The highest BCUT2D eigenvalue weighted by Crippen LogP contribution is 2.27. The molecule has 0 aliphatic heterocycles. The maximum absolute atomic E-state index is 12.4. The number of ether oxygens (including phenoxy) is 1. The summed E-state index contributed by atoms with van der Waals surface area (Å²) in [6.45, 7) is 4.17. The number of hydrogen-bond acceptors (Lipinski definition) is 3. The third kappa shape index (κ3) is 4.42. The van der Waals surface area contributed by atoms with E-state index in [-0.39, 0.29) is 16.5 Å². The smallest absolute Gasteiger partial charge is 0.240 e. The van der Waals surface area contributed by atoms with Crippen molar-refractivity contribution in [3.63, 3.8) is 0 Å². The minimum Gasteiger partial charge on any atom is -0.497 e. The summed E-state index contributed by atoms with van der Waals surface area (Å²) < 4.78 is 32.7. The van der Waals surface area contributed by atoms with E-state index in [0.29, 0.717) is 5.02 Å². The molecule has 0 aliphatic rings. The first kappa shape index (κ1) is 19.1. The molecule has 0 saturated heterocycles. The Morgan fingerprint density at radius 1 is 1.04 bits per heavy atom. The Labute approximate surface area is 152 Å². The molecule has 0 unspecified atom stereocenters. The van der Waals surface area contributed by atoms with Gasteiger partial charge in [0.05, 0.1) is 22.1 Å². The van der Waals surface area contributed by atoms with Crippen molar-refractivity contribution in [3.8, 4) is 5.75 Å². The zero-order valence-electron chi connectivity index (χ0n) is 13.6. The fraction of sp³-hybridized carbons (Fsp3) is 0.294. The van der Waals surface area contributed by atoms with Gasteiger partial charge in [-0.1, -0.05) is 49.2 Å². The van der Waals surface area contributed by atoms with Crippen LogP contribution in [0, 0.1) is 0 Å². The van der Waals surface area contributed by atoms with E-state index in [4.69, 9.17) is 27.9 Å². The molecule has 0 saturated carbocycles. The van der Waals surface area contributed by atoms with Gasteiger partial charge in [-0.2, -0.15) is 0 Å². The average molecular weight is 388 g/mol. The standard InChI is InChI=1S/C17H19Cl2NO3S/c1-17(2,12-4-6-13(23-3)7-5-12)11-20-24(21,22)14-8-9-15(18)16(19)10-14/h4-10,20H,11H2,1-3H3. The molecule has 4 nitrogen and oxygen atoms in total. The van der Waals surface area contributed by atoms with Crippen LogP contribution < -0.4 is 9.46 Å². The Morgan fingerprint density at radius 3 is 2.21 bits per heavy atom. The van der Waals surface area contributed by atoms with E-state index in [9.17, 15) is 8.42 Å². The van der Waals surface area contributed by atoms with Crippen molar-refractivity contribution >= 4 is 33.2 Å². The lowest BCUT2D eigenvalue weighted by atomic mass is 9.85. The minimum atomic E-state index is -3.67. The van der Waals surface area contributed by atoms with Gasteiger partial charge in [0.25, 0.3) is 0 Å². The maximum Gasteiger partial charge on any atom is 0.240 e. The lowest BCUT2D eigenvalue weighted by Crippen LogP contribution is -2.36. The Morgan fingerprint density at radius 2 is 1.67 bits per heavy atom. The topological polar surface area (TPSA) is 55.4 Å². The molecule has 2 aromatic rings. The highest BCUT2D eigenvalue weighted by atomic mass is 35.5. The van der Waals surface area contributed by atoms with Crippen molar-refractivity contribution < 1.29 is 13.2 Å². The van der Waals surface area contributed by atoms with Crippen molar-refractivity contribution in [1.29, 1.82) is 0 Å². The van der Waals surface area contributed by atoms with Crippen molar-refractivity contribution in [3.05, 3.63) is 58.1 Å². The Hall–Kier alpha value is -1.27. The Kier molecular flexibility index (Phi) is 5.81. The van der Waals surface area contributed by atoms with E-state index >= 15 is 0 Å². The molecule has 0 radical (unpaired) electrons. The van der Waals surface area contributed by atoms with Gasteiger partial charge < -0.3 is 4.74 Å². The first-order valence-corrected chi connectivity index (χ1v) is 9.49. The van der Waals surface area contributed by atoms with E-state index in [1.807, 2.05) is 38.1 Å². The first-order valence-electron chi connectivity index (χ1n) is 7.25. The molecular weight excluding hydrogens is 369 g/mol. The van der Waals surface area contributed by atoms with Crippen LogP contribution in [0.25, 0.3) is 0 Å². The fourth-order valence-corrected chi connectivity index (χ4v) is 3.75. The molecule has 0 atom stereocenters. The van der Waals surface area contributed by atoms with Crippen molar-refractivity contribution in [2.75, 3.05) is 13.7 Å². The molecular formula is C17H19Cl2NO3S. The highest BCUT2D eigenvalue weighted by Gasteiger charge is 2.24. The molecule has 24 heavy (non-hydrogen) atoms. The number of nitrogens with one attached hydrogen (secondary N) is 1. The van der Waals surface area contributed by atoms with Crippen LogP contribution in [0.4, 0.5) is 0 Å². The number of hydrogen-bond donors (Lipinski definition) is 1. The summed E-state index contributed by atoms with van der Waals surface area (Å²) in [6.07, 6.45) is 0. The van der Waals surface area contributed by atoms with E-state index in [0.717, 1.165) is 11.3 Å². The summed E-state index contributed by atoms with van der Waals surface area (Å²) in [5.74, 6) is 0.755. The quantitative estimate of drug-likeness (QED) is 0.805. The zero-order chi connectivity index (χ0) is 18.0. The van der Waals surface area contributed by atoms with E-state index < -0.39 is 15.4 Å². The van der Waals surface area contributed by atoms with E-state index in [2.05, 4.69) is 4.72 Å². The van der Waals surface area contributed by atoms with Crippen molar-refractivity contribution in [2.24, 2.45) is 0 Å². The van der Waals surface area contributed by atoms with Crippen molar-refractivity contribution in [1.82, 2.24) is 4.72 Å². The lowest BCUT2D eigenvalue weighted by Gasteiger charge is -2.26. The van der Waals surface area contributed by atoms with E-state index in [1.165, 1.54) is 18.2 Å². The Balaban J connectivity index is 2.15. The van der Waals surface area contributed by atoms with Crippen LogP contribution in [0.5, 0.6) is 5.75 Å². The summed E-state index contributed by atoms with van der Waals surface area (Å²) in [7, 11) is -2.07. The second kappa shape index (κ2) is 7.31. The van der Waals surface area contributed by atoms with Crippen LogP contribution in [0.1, 0.15) is 19.4 Å². The van der Waals surface area contributed by atoms with Gasteiger partial charge in [-0.25, -0.2) is 13.1 Å². The molecule has 1 N–H and O–H groups in total. The second-order valence-corrected chi connectivity index (χ2v) is 8.59. The number of halogens is 2. The number of rotatable bonds is 6. The second-order valence-electron chi connectivity index (χ2n) is 6.01. The van der Waals surface area contributed by atoms with Gasteiger partial charge in [0.15, 0.2) is 0 Å². The summed E-state index contributed by atoms with van der Waals surface area (Å²) in [4.78, 5) is 0.0856. The Bertz CT molecular complexity index is 818. The predicted molar refractivity (Wildman–Crippen MR) is 97.7 cm³/mol. The largest absolute Gasteiger partial charge is 0.497 e. The van der Waals surface area contributed by atoms with Crippen LogP contribution in [-0.4, -0.2) is 22.1 Å². The molecule has 130 valence electrons. The SMILES string of the molecule is COc1ccc(C(C)(C)CNS(=O)(=O)c2ccc(Cl)c(Cl)c2)cc1. The van der Waals surface area contributed by atoms with Gasteiger partial charge >= 0.3 is 0 Å². The van der Waals surface area contributed by atoms with Gasteiger partial charge in [0.2, 0.25) is 10.0 Å². The molecule has 2 rings (SSSR count). The predicted octanol–water partition coefficient (Wildman–Crippen LogP) is 4.26. The summed E-state index contributed by atoms with van der Waals surface area (Å²) in [5.41, 5.74) is 0.607. The van der Waals surface area contributed by atoms with Crippen LogP contribution in [0.3, 0.4) is 0 Å².